The number of ether oxygens (including phenoxy) is 1. The van der Waals surface area contributed by atoms with E-state index in [1.807, 2.05) is 20.8 Å². The Kier molecular flexibility index (Phi) is 20.1. The summed E-state index contributed by atoms with van der Waals surface area (Å²) in [6.45, 7) is 6.82. The molecule has 12 nitrogen and oxygen atoms in total. The van der Waals surface area contributed by atoms with Gasteiger partial charge in [0.25, 0.3) is 0 Å². The number of nitrogens with one attached hydrogen (secondary N) is 3. The minimum atomic E-state index is -0.920. The van der Waals surface area contributed by atoms with E-state index >= 15 is 0 Å². The second kappa shape index (κ2) is 22.9. The van der Waals surface area contributed by atoms with E-state index in [-0.39, 0.29) is 30.1 Å². The average molecular weight is 633 g/mol. The van der Waals surface area contributed by atoms with Crippen molar-refractivity contribution < 1.29 is 28.7 Å². The Morgan fingerprint density at radius 2 is 1.53 bits per heavy atom. The Labute approximate surface area is 268 Å². The molecule has 0 bridgehead atoms. The first-order valence-electron chi connectivity index (χ1n) is 16.4. The van der Waals surface area contributed by atoms with E-state index in [4.69, 9.17) is 21.9 Å². The van der Waals surface area contributed by atoms with Crippen molar-refractivity contribution in [3.8, 4) is 5.75 Å². The standard InChI is InChI=1S/C33H56N6O6/c1-4-6-8-15-29(41)38-27(22-24-16-18-25(19-17-24)45-33(44)26(35)13-10-11-20-34)31(42)39-30(23(3)5-2)32(43)37-21-12-7-9-14-28(36)40/h16-19,23,26-27,30H,4-15,20-22,34-35H2,1-3H3,(H2,36,40)(H,37,43)(H,38,41)(H,39,42)/t23-,26-,27-,30-/m0/s1. The lowest BCUT2D eigenvalue weighted by molar-refractivity contribution is -0.136. The zero-order valence-corrected chi connectivity index (χ0v) is 27.4. The van der Waals surface area contributed by atoms with Crippen LogP contribution in [0.2, 0.25) is 0 Å². The zero-order chi connectivity index (χ0) is 33.6. The Morgan fingerprint density at radius 1 is 0.844 bits per heavy atom. The minimum Gasteiger partial charge on any atom is -0.425 e. The van der Waals surface area contributed by atoms with Gasteiger partial charge in [0, 0.05) is 25.8 Å². The molecule has 254 valence electrons. The van der Waals surface area contributed by atoms with Crippen LogP contribution in [0.25, 0.3) is 0 Å². The Morgan fingerprint density at radius 3 is 2.16 bits per heavy atom. The smallest absolute Gasteiger partial charge is 0.328 e. The average Bonchev–Trinajstić information content (AvgIpc) is 3.01. The molecule has 0 aliphatic rings. The van der Waals surface area contributed by atoms with Gasteiger partial charge in [0.05, 0.1) is 0 Å². The summed E-state index contributed by atoms with van der Waals surface area (Å²) in [5, 5.41) is 8.62. The van der Waals surface area contributed by atoms with Crippen LogP contribution in [0.1, 0.15) is 103 Å². The third-order valence-corrected chi connectivity index (χ3v) is 7.71. The van der Waals surface area contributed by atoms with Crippen LogP contribution in [0, 0.1) is 5.92 Å². The van der Waals surface area contributed by atoms with E-state index in [1.165, 1.54) is 0 Å². The number of amides is 4. The Hall–Kier alpha value is -3.51. The molecule has 1 aromatic rings. The van der Waals surface area contributed by atoms with Crippen LogP contribution in [-0.4, -0.2) is 60.8 Å². The highest BCUT2D eigenvalue weighted by molar-refractivity contribution is 5.92. The van der Waals surface area contributed by atoms with Crippen molar-refractivity contribution in [2.45, 2.75) is 122 Å². The number of unbranched alkanes of at least 4 members (excludes halogenated alkanes) is 5. The van der Waals surface area contributed by atoms with E-state index in [0.29, 0.717) is 63.8 Å². The fraction of sp³-hybridized carbons (Fsp3) is 0.667. The molecular formula is C33H56N6O6. The highest BCUT2D eigenvalue weighted by Gasteiger charge is 2.30. The summed E-state index contributed by atoms with van der Waals surface area (Å²) in [5.74, 6) is -1.70. The number of benzene rings is 1. The minimum absolute atomic E-state index is 0.152. The fourth-order valence-corrected chi connectivity index (χ4v) is 4.64. The van der Waals surface area contributed by atoms with Crippen molar-refractivity contribution in [2.75, 3.05) is 13.1 Å². The number of hydrogen-bond acceptors (Lipinski definition) is 8. The summed E-state index contributed by atoms with van der Waals surface area (Å²) in [4.78, 5) is 62.7. The second-order valence-electron chi connectivity index (χ2n) is 11.7. The maximum Gasteiger partial charge on any atom is 0.328 e. The molecule has 0 fully saturated rings. The lowest BCUT2D eigenvalue weighted by Gasteiger charge is -2.26. The quantitative estimate of drug-likeness (QED) is 0.0565. The molecule has 0 aliphatic heterocycles. The SMILES string of the molecule is CCCCCC(=O)N[C@@H](Cc1ccc(OC(=O)[C@@H](N)CCCCN)cc1)C(=O)N[C@H](C(=O)NCCCCCC(N)=O)[C@@H](C)CC. The molecule has 4 amide bonds. The summed E-state index contributed by atoms with van der Waals surface area (Å²) < 4.78 is 5.41. The normalized spacial score (nSPS) is 13.6. The first kappa shape index (κ1) is 39.5. The van der Waals surface area contributed by atoms with Crippen LogP contribution < -0.4 is 37.9 Å². The summed E-state index contributed by atoms with van der Waals surface area (Å²) in [6, 6.07) is 4.24. The van der Waals surface area contributed by atoms with Crippen LogP contribution >= 0.6 is 0 Å². The van der Waals surface area contributed by atoms with Gasteiger partial charge in [-0.15, -0.1) is 0 Å². The molecule has 0 radical (unpaired) electrons. The van der Waals surface area contributed by atoms with Crippen LogP contribution in [0.15, 0.2) is 24.3 Å². The van der Waals surface area contributed by atoms with Gasteiger partial charge in [-0.2, -0.15) is 0 Å². The molecule has 0 aliphatic carbocycles. The molecular weight excluding hydrogens is 576 g/mol. The summed E-state index contributed by atoms with van der Waals surface area (Å²) in [6.07, 6.45) is 8.08. The van der Waals surface area contributed by atoms with Crippen molar-refractivity contribution >= 4 is 29.6 Å². The lowest BCUT2D eigenvalue weighted by atomic mass is 9.97. The van der Waals surface area contributed by atoms with Crippen molar-refractivity contribution in [1.82, 2.24) is 16.0 Å². The molecule has 0 aromatic heterocycles. The van der Waals surface area contributed by atoms with Gasteiger partial charge in [-0.1, -0.05) is 65.0 Å². The fourth-order valence-electron chi connectivity index (χ4n) is 4.64. The van der Waals surface area contributed by atoms with Crippen LogP contribution in [-0.2, 0) is 30.4 Å². The number of carbonyl (C=O) groups is 5. The molecule has 0 heterocycles. The monoisotopic (exact) mass is 632 g/mol. The lowest BCUT2D eigenvalue weighted by Crippen LogP contribution is -2.56. The number of nitrogens with two attached hydrogens (primary N) is 3. The molecule has 0 spiro atoms. The number of esters is 1. The van der Waals surface area contributed by atoms with E-state index in [2.05, 4.69) is 16.0 Å². The molecule has 45 heavy (non-hydrogen) atoms. The van der Waals surface area contributed by atoms with Crippen molar-refractivity contribution in [3.05, 3.63) is 29.8 Å². The van der Waals surface area contributed by atoms with Crippen LogP contribution in [0.4, 0.5) is 0 Å². The number of carbonyl (C=O) groups excluding carboxylic acids is 5. The molecule has 0 saturated carbocycles. The number of hydrogen-bond donors (Lipinski definition) is 6. The third-order valence-electron chi connectivity index (χ3n) is 7.71. The van der Waals surface area contributed by atoms with Gasteiger partial charge in [-0.05, 0) is 62.3 Å². The van der Waals surface area contributed by atoms with Crippen molar-refractivity contribution in [1.29, 1.82) is 0 Å². The largest absolute Gasteiger partial charge is 0.425 e. The molecule has 1 aromatic carbocycles. The van der Waals surface area contributed by atoms with Gasteiger partial charge in [0.2, 0.25) is 23.6 Å². The zero-order valence-electron chi connectivity index (χ0n) is 27.4. The number of rotatable bonds is 24. The maximum atomic E-state index is 13.6. The highest BCUT2D eigenvalue weighted by atomic mass is 16.5. The Bertz CT molecular complexity index is 1050. The van der Waals surface area contributed by atoms with Gasteiger partial charge in [0.15, 0.2) is 0 Å². The molecule has 12 heteroatoms. The first-order chi connectivity index (χ1) is 21.5. The summed E-state index contributed by atoms with van der Waals surface area (Å²) >= 11 is 0. The number of primary amides is 1. The maximum absolute atomic E-state index is 13.6. The van der Waals surface area contributed by atoms with Crippen LogP contribution in [0.5, 0.6) is 5.75 Å². The van der Waals surface area contributed by atoms with Gasteiger partial charge in [-0.3, -0.25) is 19.2 Å². The van der Waals surface area contributed by atoms with Crippen molar-refractivity contribution in [2.24, 2.45) is 23.1 Å². The van der Waals surface area contributed by atoms with Crippen molar-refractivity contribution in [3.63, 3.8) is 0 Å². The predicted octanol–water partition coefficient (Wildman–Crippen LogP) is 2.35. The molecule has 0 unspecified atom stereocenters. The first-order valence-corrected chi connectivity index (χ1v) is 16.4. The van der Waals surface area contributed by atoms with E-state index in [1.54, 1.807) is 24.3 Å². The summed E-state index contributed by atoms with van der Waals surface area (Å²) in [7, 11) is 0. The van der Waals surface area contributed by atoms with Gasteiger partial charge >= 0.3 is 5.97 Å². The molecule has 0 saturated heterocycles. The van der Waals surface area contributed by atoms with E-state index in [9.17, 15) is 24.0 Å². The highest BCUT2D eigenvalue weighted by Crippen LogP contribution is 2.16. The van der Waals surface area contributed by atoms with Gasteiger partial charge in [-0.25, -0.2) is 4.79 Å². The third kappa shape index (κ3) is 16.9. The molecule has 4 atom stereocenters. The Balaban J connectivity index is 2.94. The topological polar surface area (TPSA) is 209 Å². The van der Waals surface area contributed by atoms with Gasteiger partial charge < -0.3 is 37.9 Å². The summed E-state index contributed by atoms with van der Waals surface area (Å²) in [5.41, 5.74) is 17.3. The van der Waals surface area contributed by atoms with E-state index in [0.717, 1.165) is 37.7 Å². The predicted molar refractivity (Wildman–Crippen MR) is 175 cm³/mol. The van der Waals surface area contributed by atoms with Crippen LogP contribution in [0.3, 0.4) is 0 Å². The molecule has 1 rings (SSSR count). The molecule has 9 N–H and O–H groups in total. The van der Waals surface area contributed by atoms with E-state index < -0.39 is 30.0 Å². The second-order valence-corrected chi connectivity index (χ2v) is 11.7. The van der Waals surface area contributed by atoms with Gasteiger partial charge in [0.1, 0.15) is 23.9 Å².